The van der Waals surface area contributed by atoms with Crippen molar-refractivity contribution in [2.45, 2.75) is 43.6 Å². The molecule has 0 spiro atoms. The molecule has 1 unspecified atom stereocenters. The van der Waals surface area contributed by atoms with E-state index < -0.39 is 5.92 Å². The first-order valence-corrected chi connectivity index (χ1v) is 12.5. The molecular formula is C23H28N6O2S. The van der Waals surface area contributed by atoms with E-state index in [4.69, 9.17) is 19.7 Å². The lowest BCUT2D eigenvalue weighted by atomic mass is 10.0. The van der Waals surface area contributed by atoms with Gasteiger partial charge >= 0.3 is 0 Å². The molecule has 1 aromatic carbocycles. The summed E-state index contributed by atoms with van der Waals surface area (Å²) in [4.78, 5) is 30.2. The summed E-state index contributed by atoms with van der Waals surface area (Å²) in [5, 5.41) is 7.23. The molecule has 1 amide bonds. The molecule has 168 valence electrons. The summed E-state index contributed by atoms with van der Waals surface area (Å²) in [6.45, 7) is 4.55. The number of aromatic nitrogens is 1. The van der Waals surface area contributed by atoms with Gasteiger partial charge in [-0.25, -0.2) is 4.98 Å². The van der Waals surface area contributed by atoms with Gasteiger partial charge < -0.3 is 15.0 Å². The summed E-state index contributed by atoms with van der Waals surface area (Å²) < 4.78 is 6.57. The minimum atomic E-state index is -0.566. The fourth-order valence-electron chi connectivity index (χ4n) is 4.64. The highest BCUT2D eigenvalue weighted by molar-refractivity contribution is 7.18. The molecular weight excluding hydrogens is 424 g/mol. The summed E-state index contributed by atoms with van der Waals surface area (Å²) in [5.74, 6) is 1.20. The van der Waals surface area contributed by atoms with Crippen molar-refractivity contribution >= 4 is 39.3 Å². The van der Waals surface area contributed by atoms with Crippen LogP contribution in [0.4, 0.5) is 0 Å². The lowest BCUT2D eigenvalue weighted by Gasteiger charge is -2.33. The van der Waals surface area contributed by atoms with Crippen LogP contribution in [0.15, 0.2) is 28.2 Å². The molecule has 3 aliphatic heterocycles. The van der Waals surface area contributed by atoms with Crippen LogP contribution >= 0.6 is 11.3 Å². The standard InChI is InChI=1S/C23H28N6O2S/c30-21-19(22-26-17-12-15(14-3-4-14)5-6-18(17)32-22)20(25-16-2-1-7-24-13-16)27-23(28-21)29-8-10-31-11-9-29/h5-6,12,14,16,19,24H,1-4,7-11,13H2,(H,25,27,28,30)/t16-,19?/m1/s1. The van der Waals surface area contributed by atoms with E-state index in [0.717, 1.165) is 41.2 Å². The quantitative estimate of drug-likeness (QED) is 0.745. The highest BCUT2D eigenvalue weighted by Crippen LogP contribution is 2.41. The van der Waals surface area contributed by atoms with Gasteiger partial charge in [0.1, 0.15) is 16.8 Å². The van der Waals surface area contributed by atoms with Gasteiger partial charge in [-0.1, -0.05) is 6.07 Å². The van der Waals surface area contributed by atoms with Gasteiger partial charge in [0.15, 0.2) is 0 Å². The molecule has 3 fully saturated rings. The number of guanidine groups is 1. The Morgan fingerprint density at radius 3 is 2.84 bits per heavy atom. The molecule has 1 aliphatic carbocycles. The normalized spacial score (nSPS) is 28.1. The van der Waals surface area contributed by atoms with Gasteiger partial charge in [-0.2, -0.15) is 4.99 Å². The van der Waals surface area contributed by atoms with Crippen LogP contribution in [0.25, 0.3) is 10.2 Å². The number of morpholine rings is 1. The molecule has 0 radical (unpaired) electrons. The van der Waals surface area contributed by atoms with Crippen LogP contribution in [-0.2, 0) is 9.53 Å². The molecule has 4 heterocycles. The van der Waals surface area contributed by atoms with Gasteiger partial charge in [-0.05, 0) is 55.8 Å². The Kier molecular flexibility index (Phi) is 5.40. The number of piperidine rings is 1. The van der Waals surface area contributed by atoms with Gasteiger partial charge in [0, 0.05) is 19.6 Å². The van der Waals surface area contributed by atoms with Crippen LogP contribution < -0.4 is 10.6 Å². The van der Waals surface area contributed by atoms with Crippen LogP contribution in [-0.4, -0.2) is 73.0 Å². The van der Waals surface area contributed by atoms with E-state index in [-0.39, 0.29) is 11.9 Å². The number of amidine groups is 1. The van der Waals surface area contributed by atoms with Crippen LogP contribution in [0.3, 0.4) is 0 Å². The molecule has 2 saturated heterocycles. The number of hydrogen-bond donors (Lipinski definition) is 2. The van der Waals surface area contributed by atoms with Gasteiger partial charge in [0.25, 0.3) is 0 Å². The second-order valence-electron chi connectivity index (χ2n) is 9.00. The highest BCUT2D eigenvalue weighted by Gasteiger charge is 2.37. The molecule has 8 nitrogen and oxygen atoms in total. The average molecular weight is 453 g/mol. The monoisotopic (exact) mass is 452 g/mol. The van der Waals surface area contributed by atoms with Crippen molar-refractivity contribution in [1.82, 2.24) is 20.5 Å². The van der Waals surface area contributed by atoms with Crippen LogP contribution in [0.2, 0.25) is 0 Å². The molecule has 2 atom stereocenters. The van der Waals surface area contributed by atoms with Crippen molar-refractivity contribution in [3.8, 4) is 0 Å². The van der Waals surface area contributed by atoms with Crippen LogP contribution in [0.1, 0.15) is 48.1 Å². The van der Waals surface area contributed by atoms with E-state index in [1.165, 1.54) is 18.4 Å². The van der Waals surface area contributed by atoms with Gasteiger partial charge in [0.2, 0.25) is 11.9 Å². The minimum Gasteiger partial charge on any atom is -0.378 e. The zero-order valence-corrected chi connectivity index (χ0v) is 18.9. The summed E-state index contributed by atoms with van der Waals surface area (Å²) in [6, 6.07) is 6.69. The van der Waals surface area contributed by atoms with E-state index in [0.29, 0.717) is 44.0 Å². The molecule has 1 aromatic heterocycles. The fourth-order valence-corrected chi connectivity index (χ4v) is 5.68. The Morgan fingerprint density at radius 2 is 2.06 bits per heavy atom. The Labute approximate surface area is 191 Å². The molecule has 9 heteroatoms. The molecule has 32 heavy (non-hydrogen) atoms. The predicted molar refractivity (Wildman–Crippen MR) is 126 cm³/mol. The van der Waals surface area contributed by atoms with Crippen LogP contribution in [0, 0.1) is 0 Å². The summed E-state index contributed by atoms with van der Waals surface area (Å²) in [6.07, 6.45) is 4.62. The summed E-state index contributed by atoms with van der Waals surface area (Å²) in [7, 11) is 0. The van der Waals surface area contributed by atoms with Crippen molar-refractivity contribution in [2.24, 2.45) is 9.98 Å². The number of hydrogen-bond acceptors (Lipinski definition) is 7. The maximum atomic E-state index is 13.4. The average Bonchev–Trinajstić information content (AvgIpc) is 3.59. The van der Waals surface area contributed by atoms with Gasteiger partial charge in [-0.15, -0.1) is 11.3 Å². The predicted octanol–water partition coefficient (Wildman–Crippen LogP) is 2.23. The van der Waals surface area contributed by atoms with E-state index in [9.17, 15) is 4.79 Å². The van der Waals surface area contributed by atoms with Crippen molar-refractivity contribution in [2.75, 3.05) is 39.4 Å². The number of rotatable bonds is 3. The van der Waals surface area contributed by atoms with E-state index in [2.05, 4.69) is 33.7 Å². The first kappa shape index (κ1) is 20.3. The second kappa shape index (κ2) is 8.53. The zero-order chi connectivity index (χ0) is 21.5. The Bertz CT molecular complexity index is 1080. The Hall–Kier alpha value is -2.36. The number of fused-ring (bicyclic) bond motifs is 1. The number of benzene rings is 1. The van der Waals surface area contributed by atoms with E-state index in [1.807, 2.05) is 0 Å². The van der Waals surface area contributed by atoms with Crippen LogP contribution in [0.5, 0.6) is 0 Å². The van der Waals surface area contributed by atoms with Crippen molar-refractivity contribution in [3.63, 3.8) is 0 Å². The Balaban J connectivity index is 1.37. The number of amides is 1. The number of carbonyl (C=O) groups is 1. The molecule has 2 N–H and O–H groups in total. The summed E-state index contributed by atoms with van der Waals surface area (Å²) in [5.41, 5.74) is 2.33. The summed E-state index contributed by atoms with van der Waals surface area (Å²) >= 11 is 1.58. The zero-order valence-electron chi connectivity index (χ0n) is 18.0. The van der Waals surface area contributed by atoms with Gasteiger partial charge in [-0.3, -0.25) is 15.1 Å². The maximum absolute atomic E-state index is 13.4. The number of thiazole rings is 1. The number of carbonyl (C=O) groups excluding carboxylic acids is 1. The molecule has 1 saturated carbocycles. The second-order valence-corrected chi connectivity index (χ2v) is 10.1. The Morgan fingerprint density at radius 1 is 1.19 bits per heavy atom. The number of ether oxygens (including phenoxy) is 1. The van der Waals surface area contributed by atoms with E-state index >= 15 is 0 Å². The largest absolute Gasteiger partial charge is 0.378 e. The lowest BCUT2D eigenvalue weighted by Crippen LogP contribution is -2.53. The third-order valence-corrected chi connectivity index (χ3v) is 7.70. The molecule has 2 aromatic rings. The highest BCUT2D eigenvalue weighted by atomic mass is 32.1. The van der Waals surface area contributed by atoms with Crippen molar-refractivity contribution in [1.29, 1.82) is 0 Å². The fraction of sp³-hybridized carbons (Fsp3) is 0.565. The van der Waals surface area contributed by atoms with Crippen molar-refractivity contribution < 1.29 is 9.53 Å². The molecule has 4 aliphatic rings. The number of nitrogens with one attached hydrogen (secondary N) is 2. The third kappa shape index (κ3) is 4.04. The van der Waals surface area contributed by atoms with Crippen molar-refractivity contribution in [3.05, 3.63) is 28.8 Å². The van der Waals surface area contributed by atoms with E-state index in [1.54, 1.807) is 11.3 Å². The SMILES string of the molecule is O=C1NC(N2CCOCC2)=NC(=N[C@@H]2CCCNC2)C1c1nc2cc(C3CC3)ccc2s1. The van der Waals surface area contributed by atoms with Gasteiger partial charge in [0.05, 0.1) is 29.5 Å². The topological polar surface area (TPSA) is 91.2 Å². The third-order valence-electron chi connectivity index (χ3n) is 6.60. The first-order chi connectivity index (χ1) is 15.7. The molecule has 6 rings (SSSR count). The smallest absolute Gasteiger partial charge is 0.244 e. The lowest BCUT2D eigenvalue weighted by molar-refractivity contribution is -0.120. The molecule has 0 bridgehead atoms. The minimum absolute atomic E-state index is 0.0921. The number of aliphatic imine (C=N–C) groups is 2. The number of nitrogens with zero attached hydrogens (tertiary/aromatic N) is 4. The first-order valence-electron chi connectivity index (χ1n) is 11.7. The maximum Gasteiger partial charge on any atom is 0.244 e.